The summed E-state index contributed by atoms with van der Waals surface area (Å²) < 4.78 is 26.8. The van der Waals surface area contributed by atoms with Gasteiger partial charge in [-0.15, -0.1) is 0 Å². The summed E-state index contributed by atoms with van der Waals surface area (Å²) in [4.78, 5) is 42.0. The number of hydrogen-bond acceptors (Lipinski definition) is 8. The third-order valence-electron chi connectivity index (χ3n) is 7.36. The Morgan fingerprint density at radius 1 is 1.32 bits per heavy atom. The van der Waals surface area contributed by atoms with Crippen LogP contribution in [-0.4, -0.2) is 46.4 Å². The number of amides is 1. The van der Waals surface area contributed by atoms with Gasteiger partial charge in [-0.05, 0) is 49.4 Å². The summed E-state index contributed by atoms with van der Waals surface area (Å²) in [7, 11) is 0. The van der Waals surface area contributed by atoms with Crippen molar-refractivity contribution in [2.24, 2.45) is 5.73 Å². The molecular formula is C27H29FN4O6. The number of nitrogens with one attached hydrogen (secondary N) is 1. The van der Waals surface area contributed by atoms with Gasteiger partial charge in [0.2, 0.25) is 5.91 Å². The van der Waals surface area contributed by atoms with Crippen molar-refractivity contribution in [3.8, 4) is 11.4 Å². The molecule has 4 heterocycles. The molecule has 3 aromatic rings. The number of aryl methyl sites for hydroxylation is 2. The largest absolute Gasteiger partial charge is 0.458 e. The molecule has 1 atom stereocenters. The van der Waals surface area contributed by atoms with Crippen molar-refractivity contribution in [2.75, 3.05) is 19.9 Å². The average Bonchev–Trinajstić information content (AvgIpc) is 3.27. The number of cyclic esters (lactones) is 1. The number of aliphatic hydroxyl groups is 1. The van der Waals surface area contributed by atoms with E-state index in [0.29, 0.717) is 41.9 Å². The Labute approximate surface area is 217 Å². The van der Waals surface area contributed by atoms with E-state index in [2.05, 4.69) is 5.32 Å². The number of fused-ring (bicyclic) bond motifs is 5. The van der Waals surface area contributed by atoms with Crippen LogP contribution in [0.4, 0.5) is 4.39 Å². The lowest BCUT2D eigenvalue weighted by Gasteiger charge is -2.31. The van der Waals surface area contributed by atoms with Gasteiger partial charge in [0.25, 0.3) is 5.56 Å². The molecule has 0 aliphatic carbocycles. The Morgan fingerprint density at radius 2 is 2.11 bits per heavy atom. The Hall–Kier alpha value is -3.67. The highest BCUT2D eigenvalue weighted by molar-refractivity contribution is 5.89. The molecule has 11 heteroatoms. The molecule has 5 rings (SSSR count). The van der Waals surface area contributed by atoms with Crippen LogP contribution in [-0.2, 0) is 44.2 Å². The molecule has 0 saturated carbocycles. The molecule has 0 unspecified atom stereocenters. The number of nitrogens with two attached hydrogens (primary N) is 1. The van der Waals surface area contributed by atoms with E-state index in [0.717, 1.165) is 16.5 Å². The van der Waals surface area contributed by atoms with Gasteiger partial charge in [0, 0.05) is 29.2 Å². The van der Waals surface area contributed by atoms with E-state index >= 15 is 0 Å². The molecule has 2 aliphatic heterocycles. The summed E-state index contributed by atoms with van der Waals surface area (Å²) in [6, 6.07) is 4.78. The van der Waals surface area contributed by atoms with Gasteiger partial charge in [-0.1, -0.05) is 6.92 Å². The molecule has 4 N–H and O–H groups in total. The number of aromatic nitrogens is 2. The minimum Gasteiger partial charge on any atom is -0.458 e. The van der Waals surface area contributed by atoms with Gasteiger partial charge >= 0.3 is 5.97 Å². The molecule has 0 bridgehead atoms. The summed E-state index contributed by atoms with van der Waals surface area (Å²) in [5.74, 6) is -1.49. The molecule has 38 heavy (non-hydrogen) atoms. The van der Waals surface area contributed by atoms with Gasteiger partial charge in [-0.2, -0.15) is 0 Å². The monoisotopic (exact) mass is 524 g/mol. The average molecular weight is 525 g/mol. The van der Waals surface area contributed by atoms with E-state index in [1.54, 1.807) is 30.5 Å². The Morgan fingerprint density at radius 3 is 2.84 bits per heavy atom. The molecule has 1 aromatic carbocycles. The number of carbonyl (C=O) groups excluding carboxylic acids is 2. The van der Waals surface area contributed by atoms with Crippen LogP contribution < -0.4 is 16.6 Å². The number of rotatable bonds is 8. The Kier molecular flexibility index (Phi) is 6.76. The predicted octanol–water partition coefficient (Wildman–Crippen LogP) is 1.51. The van der Waals surface area contributed by atoms with E-state index in [-0.39, 0.29) is 61.3 Å². The summed E-state index contributed by atoms with van der Waals surface area (Å²) >= 11 is 0. The second-order valence-electron chi connectivity index (χ2n) is 9.60. The minimum absolute atomic E-state index is 0.0429. The van der Waals surface area contributed by atoms with Crippen LogP contribution in [0.2, 0.25) is 0 Å². The lowest BCUT2D eigenvalue weighted by atomic mass is 9.86. The van der Waals surface area contributed by atoms with Crippen LogP contribution in [0.15, 0.2) is 23.0 Å². The fraction of sp³-hybridized carbons (Fsp3) is 0.407. The molecule has 2 aliphatic rings. The van der Waals surface area contributed by atoms with E-state index in [1.165, 1.54) is 6.07 Å². The highest BCUT2D eigenvalue weighted by Gasteiger charge is 2.45. The zero-order chi connectivity index (χ0) is 27.2. The van der Waals surface area contributed by atoms with Crippen molar-refractivity contribution in [2.45, 2.75) is 51.9 Å². The van der Waals surface area contributed by atoms with Crippen molar-refractivity contribution in [3.05, 3.63) is 62.2 Å². The first-order chi connectivity index (χ1) is 18.2. The van der Waals surface area contributed by atoms with Gasteiger partial charge in [0.15, 0.2) is 5.60 Å². The van der Waals surface area contributed by atoms with Crippen molar-refractivity contribution in [1.82, 2.24) is 14.9 Å². The second kappa shape index (κ2) is 9.90. The lowest BCUT2D eigenvalue weighted by molar-refractivity contribution is -0.172. The predicted molar refractivity (Wildman–Crippen MR) is 136 cm³/mol. The first kappa shape index (κ1) is 26.0. The number of pyridine rings is 2. The molecule has 0 spiro atoms. The summed E-state index contributed by atoms with van der Waals surface area (Å²) in [6.45, 7) is 3.65. The maximum atomic E-state index is 14.6. The molecule has 1 amide bonds. The molecule has 0 saturated heterocycles. The van der Waals surface area contributed by atoms with Gasteiger partial charge in [-0.3, -0.25) is 9.59 Å². The smallest absolute Gasteiger partial charge is 0.343 e. The number of nitrogens with zero attached hydrogens (tertiary/aromatic N) is 2. The van der Waals surface area contributed by atoms with E-state index in [1.807, 2.05) is 0 Å². The SMILES string of the molecule is CC[C@@]1(O)C(=O)OCc2c1cc1n(c2=O)Cc2c-1nc1cc(F)c(C)cc1c2CCCOCNC(=O)CN. The van der Waals surface area contributed by atoms with Crippen molar-refractivity contribution in [3.63, 3.8) is 0 Å². The summed E-state index contributed by atoms with van der Waals surface area (Å²) in [5, 5.41) is 14.4. The fourth-order valence-electron chi connectivity index (χ4n) is 5.20. The summed E-state index contributed by atoms with van der Waals surface area (Å²) in [6.07, 6.45) is 1.20. The highest BCUT2D eigenvalue weighted by atomic mass is 19.1. The Bertz CT molecular complexity index is 1530. The number of ether oxygens (including phenoxy) is 2. The molecular weight excluding hydrogens is 495 g/mol. The number of halogens is 1. The number of hydrogen-bond donors (Lipinski definition) is 3. The maximum absolute atomic E-state index is 14.6. The third kappa shape index (κ3) is 4.16. The Balaban J connectivity index is 1.57. The number of benzene rings is 1. The van der Waals surface area contributed by atoms with Crippen LogP contribution in [0.25, 0.3) is 22.3 Å². The molecule has 2 aromatic heterocycles. The van der Waals surface area contributed by atoms with E-state index in [9.17, 15) is 23.9 Å². The first-order valence-electron chi connectivity index (χ1n) is 12.5. The van der Waals surface area contributed by atoms with Crippen molar-refractivity contribution < 1.29 is 28.6 Å². The van der Waals surface area contributed by atoms with Crippen molar-refractivity contribution >= 4 is 22.8 Å². The molecule has 10 nitrogen and oxygen atoms in total. The molecule has 0 fully saturated rings. The lowest BCUT2D eigenvalue weighted by Crippen LogP contribution is -2.44. The van der Waals surface area contributed by atoms with Gasteiger partial charge < -0.3 is 30.2 Å². The van der Waals surface area contributed by atoms with Crippen molar-refractivity contribution in [1.29, 1.82) is 0 Å². The maximum Gasteiger partial charge on any atom is 0.343 e. The highest BCUT2D eigenvalue weighted by Crippen LogP contribution is 2.40. The topological polar surface area (TPSA) is 146 Å². The molecule has 0 radical (unpaired) electrons. The first-order valence-corrected chi connectivity index (χ1v) is 12.5. The minimum atomic E-state index is -1.93. The number of esters is 1. The normalized spacial score (nSPS) is 17.7. The van der Waals surface area contributed by atoms with E-state index < -0.39 is 11.6 Å². The zero-order valence-electron chi connectivity index (χ0n) is 21.2. The van der Waals surface area contributed by atoms with Crippen LogP contribution in [0.3, 0.4) is 0 Å². The van der Waals surface area contributed by atoms with Crippen LogP contribution in [0.1, 0.15) is 47.6 Å². The zero-order valence-corrected chi connectivity index (χ0v) is 21.2. The molecule has 200 valence electrons. The van der Waals surface area contributed by atoms with Gasteiger partial charge in [0.1, 0.15) is 19.2 Å². The number of carbonyl (C=O) groups is 2. The quantitative estimate of drug-likeness (QED) is 0.179. The van der Waals surface area contributed by atoms with Gasteiger partial charge in [0.05, 0.1) is 35.6 Å². The second-order valence-corrected chi connectivity index (χ2v) is 9.60. The summed E-state index contributed by atoms with van der Waals surface area (Å²) in [5.41, 5.74) is 7.12. The fourth-order valence-corrected chi connectivity index (χ4v) is 5.20. The van der Waals surface area contributed by atoms with E-state index in [4.69, 9.17) is 20.2 Å². The third-order valence-corrected chi connectivity index (χ3v) is 7.36. The van der Waals surface area contributed by atoms with Crippen LogP contribution in [0, 0.1) is 12.7 Å². The van der Waals surface area contributed by atoms with Crippen LogP contribution in [0.5, 0.6) is 0 Å². The van der Waals surface area contributed by atoms with Crippen LogP contribution >= 0.6 is 0 Å². The van der Waals surface area contributed by atoms with Gasteiger partial charge in [-0.25, -0.2) is 14.2 Å². The standard InChI is InChI=1S/C27H29FN4O6/c1-3-27(36)19-8-22-24-17(11-32(22)25(34)18(19)12-38-26(27)35)15(5-4-6-37-13-30-23(33)10-29)16-7-14(2)20(28)9-21(16)31-24/h7-9,36H,3-6,10-13,29H2,1-2H3,(H,30,33)/t27-/m0/s1.